The van der Waals surface area contributed by atoms with Crippen LogP contribution in [0.1, 0.15) is 13.8 Å². The molecule has 17 heavy (non-hydrogen) atoms. The second kappa shape index (κ2) is 6.58. The summed E-state index contributed by atoms with van der Waals surface area (Å²) in [6.07, 6.45) is 1.53. The topological polar surface area (TPSA) is 76.3 Å². The molecule has 0 aliphatic heterocycles. The van der Waals surface area contributed by atoms with Crippen molar-refractivity contribution in [2.45, 2.75) is 19.9 Å². The van der Waals surface area contributed by atoms with Crippen LogP contribution in [-0.4, -0.2) is 36.3 Å². The summed E-state index contributed by atoms with van der Waals surface area (Å²) in [5.74, 6) is 6.28. The number of anilines is 2. The van der Waals surface area contributed by atoms with Gasteiger partial charge in [-0.25, -0.2) is 10.8 Å². The SMILES string of the molecule is CCN(c1nc(NN)ncc1Cl)C(C)COC. The molecule has 1 aromatic heterocycles. The second-order valence-corrected chi connectivity index (χ2v) is 4.01. The average Bonchev–Trinajstić information content (AvgIpc) is 2.33. The van der Waals surface area contributed by atoms with E-state index in [4.69, 9.17) is 22.2 Å². The van der Waals surface area contributed by atoms with Crippen LogP contribution in [0.2, 0.25) is 5.02 Å². The Labute approximate surface area is 106 Å². The fourth-order valence-corrected chi connectivity index (χ4v) is 1.83. The molecule has 0 aliphatic rings. The molecule has 0 fully saturated rings. The highest BCUT2D eigenvalue weighted by molar-refractivity contribution is 6.32. The Morgan fingerprint density at radius 3 is 2.88 bits per heavy atom. The highest BCUT2D eigenvalue weighted by Crippen LogP contribution is 2.25. The predicted octanol–water partition coefficient (Wildman–Crippen LogP) is 1.28. The zero-order valence-electron chi connectivity index (χ0n) is 10.3. The average molecular weight is 260 g/mol. The summed E-state index contributed by atoms with van der Waals surface area (Å²) < 4.78 is 5.14. The van der Waals surface area contributed by atoms with E-state index in [2.05, 4.69) is 15.4 Å². The third-order valence-corrected chi connectivity index (χ3v) is 2.67. The van der Waals surface area contributed by atoms with E-state index in [0.29, 0.717) is 23.4 Å². The maximum atomic E-state index is 6.09. The quantitative estimate of drug-likeness (QED) is 0.592. The Kier molecular flexibility index (Phi) is 5.40. The molecule has 0 aliphatic carbocycles. The molecule has 0 spiro atoms. The van der Waals surface area contributed by atoms with Crippen molar-refractivity contribution < 1.29 is 4.74 Å². The van der Waals surface area contributed by atoms with Crippen LogP contribution in [-0.2, 0) is 4.74 Å². The number of aromatic nitrogens is 2. The maximum absolute atomic E-state index is 6.09. The molecule has 6 nitrogen and oxygen atoms in total. The predicted molar refractivity (Wildman–Crippen MR) is 69.2 cm³/mol. The first-order chi connectivity index (χ1) is 8.13. The van der Waals surface area contributed by atoms with Gasteiger partial charge in [0.1, 0.15) is 5.02 Å². The first kappa shape index (κ1) is 14.0. The van der Waals surface area contributed by atoms with E-state index in [1.807, 2.05) is 18.7 Å². The molecular formula is C10H18ClN5O. The normalized spacial score (nSPS) is 12.3. The molecule has 96 valence electrons. The van der Waals surface area contributed by atoms with Crippen LogP contribution in [0.15, 0.2) is 6.20 Å². The molecule has 0 bridgehead atoms. The van der Waals surface area contributed by atoms with Gasteiger partial charge in [0, 0.05) is 13.7 Å². The van der Waals surface area contributed by atoms with E-state index in [1.54, 1.807) is 7.11 Å². The summed E-state index contributed by atoms with van der Waals surface area (Å²) >= 11 is 6.09. The number of rotatable bonds is 6. The Bertz CT molecular complexity index is 363. The van der Waals surface area contributed by atoms with E-state index >= 15 is 0 Å². The van der Waals surface area contributed by atoms with Gasteiger partial charge in [0.25, 0.3) is 0 Å². The van der Waals surface area contributed by atoms with Crippen LogP contribution < -0.4 is 16.2 Å². The van der Waals surface area contributed by atoms with Crippen LogP contribution in [0.25, 0.3) is 0 Å². The molecule has 1 atom stereocenters. The lowest BCUT2D eigenvalue weighted by Gasteiger charge is -2.29. The molecule has 1 aromatic rings. The van der Waals surface area contributed by atoms with Gasteiger partial charge in [0.05, 0.1) is 18.8 Å². The molecule has 0 saturated carbocycles. The van der Waals surface area contributed by atoms with Gasteiger partial charge in [-0.3, -0.25) is 5.43 Å². The van der Waals surface area contributed by atoms with Crippen molar-refractivity contribution >= 4 is 23.4 Å². The fraction of sp³-hybridized carbons (Fsp3) is 0.600. The zero-order valence-corrected chi connectivity index (χ0v) is 11.0. The van der Waals surface area contributed by atoms with Crippen molar-refractivity contribution in [3.8, 4) is 0 Å². The van der Waals surface area contributed by atoms with Crippen molar-refractivity contribution in [3.63, 3.8) is 0 Å². The van der Waals surface area contributed by atoms with E-state index < -0.39 is 0 Å². The highest BCUT2D eigenvalue weighted by atomic mass is 35.5. The van der Waals surface area contributed by atoms with Crippen molar-refractivity contribution in [2.24, 2.45) is 5.84 Å². The molecule has 0 aromatic carbocycles. The first-order valence-electron chi connectivity index (χ1n) is 5.38. The molecule has 0 amide bonds. The Morgan fingerprint density at radius 2 is 2.35 bits per heavy atom. The van der Waals surface area contributed by atoms with E-state index in [1.165, 1.54) is 6.20 Å². The lowest BCUT2D eigenvalue weighted by Crippen LogP contribution is -2.37. The van der Waals surface area contributed by atoms with E-state index in [-0.39, 0.29) is 6.04 Å². The van der Waals surface area contributed by atoms with Gasteiger partial charge in [-0.05, 0) is 13.8 Å². The van der Waals surface area contributed by atoms with Crippen molar-refractivity contribution in [2.75, 3.05) is 30.6 Å². The Morgan fingerprint density at radius 1 is 1.65 bits per heavy atom. The summed E-state index contributed by atoms with van der Waals surface area (Å²) in [6.45, 7) is 5.44. The molecule has 7 heteroatoms. The number of nitrogens with zero attached hydrogens (tertiary/aromatic N) is 3. The lowest BCUT2D eigenvalue weighted by molar-refractivity contribution is 0.181. The van der Waals surface area contributed by atoms with Gasteiger partial charge < -0.3 is 9.64 Å². The minimum atomic E-state index is 0.169. The standard InChI is InChI=1S/C10H18ClN5O/c1-4-16(7(2)6-17-3)9-8(11)5-13-10(14-9)15-12/h5,7H,4,6,12H2,1-3H3,(H,13,14,15). The number of hydrogen-bond acceptors (Lipinski definition) is 6. The summed E-state index contributed by atoms with van der Waals surface area (Å²) in [5, 5.41) is 0.494. The van der Waals surface area contributed by atoms with Gasteiger partial charge in [0.15, 0.2) is 5.82 Å². The number of methoxy groups -OCH3 is 1. The monoisotopic (exact) mass is 259 g/mol. The Hall–Kier alpha value is -1.11. The van der Waals surface area contributed by atoms with Gasteiger partial charge in [-0.1, -0.05) is 11.6 Å². The lowest BCUT2D eigenvalue weighted by atomic mass is 10.3. The van der Waals surface area contributed by atoms with Gasteiger partial charge >= 0.3 is 0 Å². The highest BCUT2D eigenvalue weighted by Gasteiger charge is 2.17. The Balaban J connectivity index is 3.01. The van der Waals surface area contributed by atoms with Gasteiger partial charge in [0.2, 0.25) is 5.95 Å². The van der Waals surface area contributed by atoms with Crippen LogP contribution in [0.5, 0.6) is 0 Å². The summed E-state index contributed by atoms with van der Waals surface area (Å²) in [6, 6.07) is 0.169. The molecule has 1 heterocycles. The van der Waals surface area contributed by atoms with Gasteiger partial charge in [-0.2, -0.15) is 4.98 Å². The van der Waals surface area contributed by atoms with Crippen LogP contribution >= 0.6 is 11.6 Å². The van der Waals surface area contributed by atoms with Crippen LogP contribution in [0, 0.1) is 0 Å². The number of hydrogen-bond donors (Lipinski definition) is 2. The molecule has 1 rings (SSSR count). The third kappa shape index (κ3) is 3.42. The number of hydrazine groups is 1. The second-order valence-electron chi connectivity index (χ2n) is 3.60. The minimum absolute atomic E-state index is 0.169. The number of halogens is 1. The minimum Gasteiger partial charge on any atom is -0.383 e. The van der Waals surface area contributed by atoms with Crippen molar-refractivity contribution in [1.29, 1.82) is 0 Å². The van der Waals surface area contributed by atoms with E-state index in [9.17, 15) is 0 Å². The van der Waals surface area contributed by atoms with Gasteiger partial charge in [-0.15, -0.1) is 0 Å². The molecule has 3 N–H and O–H groups in total. The summed E-state index contributed by atoms with van der Waals surface area (Å²) in [4.78, 5) is 10.2. The molecule has 0 radical (unpaired) electrons. The largest absolute Gasteiger partial charge is 0.383 e. The number of likely N-dealkylation sites (N-methyl/N-ethyl adjacent to an activating group) is 1. The third-order valence-electron chi connectivity index (χ3n) is 2.41. The molecular weight excluding hydrogens is 242 g/mol. The van der Waals surface area contributed by atoms with E-state index in [0.717, 1.165) is 6.54 Å². The number of ether oxygens (including phenoxy) is 1. The smallest absolute Gasteiger partial charge is 0.239 e. The fourth-order valence-electron chi connectivity index (χ4n) is 1.63. The van der Waals surface area contributed by atoms with Crippen LogP contribution in [0.3, 0.4) is 0 Å². The van der Waals surface area contributed by atoms with Crippen molar-refractivity contribution in [3.05, 3.63) is 11.2 Å². The zero-order chi connectivity index (χ0) is 12.8. The number of nitrogens with one attached hydrogen (secondary N) is 1. The summed E-state index contributed by atoms with van der Waals surface area (Å²) in [5.41, 5.74) is 2.41. The van der Waals surface area contributed by atoms with Crippen molar-refractivity contribution in [1.82, 2.24) is 9.97 Å². The molecule has 0 saturated heterocycles. The number of nitrogen functional groups attached to an aromatic ring is 1. The summed E-state index contributed by atoms with van der Waals surface area (Å²) in [7, 11) is 1.67. The molecule has 1 unspecified atom stereocenters. The maximum Gasteiger partial charge on any atom is 0.239 e. The number of nitrogens with two attached hydrogens (primary N) is 1. The first-order valence-corrected chi connectivity index (χ1v) is 5.76. The van der Waals surface area contributed by atoms with Crippen LogP contribution in [0.4, 0.5) is 11.8 Å².